The fraction of sp³-hybridized carbons (Fsp3) is 0.364. The number of carbonyl (C=O) groups is 1. The lowest BCUT2D eigenvalue weighted by atomic mass is 10.1. The number of benzene rings is 1. The minimum Gasteiger partial charge on any atom is -0.497 e. The van der Waals surface area contributed by atoms with Crippen molar-refractivity contribution >= 4 is 5.78 Å². The van der Waals surface area contributed by atoms with Gasteiger partial charge in [0.05, 0.1) is 13.7 Å². The molecule has 0 bridgehead atoms. The zero-order chi connectivity index (χ0) is 11.8. The van der Waals surface area contributed by atoms with Gasteiger partial charge in [-0.1, -0.05) is 17.2 Å². The van der Waals surface area contributed by atoms with Crippen LogP contribution in [0.3, 0.4) is 0 Å². The smallest absolute Gasteiger partial charge is 0.139 e. The second-order valence-corrected chi connectivity index (χ2v) is 3.28. The first-order valence-electron chi connectivity index (χ1n) is 4.91. The Kier molecular flexibility index (Phi) is 4.89. The quantitative estimate of drug-likeness (QED) is 0.418. The van der Waals surface area contributed by atoms with E-state index in [2.05, 4.69) is 10.0 Å². The summed E-state index contributed by atoms with van der Waals surface area (Å²) in [7, 11) is 1.61. The number of ether oxygens (including phenoxy) is 1. The highest BCUT2D eigenvalue weighted by atomic mass is 16.5. The molecule has 16 heavy (non-hydrogen) atoms. The number of hydrogen-bond donors (Lipinski definition) is 0. The van der Waals surface area contributed by atoms with Gasteiger partial charge in [0.15, 0.2) is 0 Å². The molecular weight excluding hydrogens is 206 g/mol. The van der Waals surface area contributed by atoms with Crippen LogP contribution in [0.25, 0.3) is 10.4 Å². The van der Waals surface area contributed by atoms with Crippen molar-refractivity contribution in [1.82, 2.24) is 0 Å². The van der Waals surface area contributed by atoms with Crippen molar-refractivity contribution in [2.75, 3.05) is 13.7 Å². The zero-order valence-corrected chi connectivity index (χ0v) is 9.09. The number of Topliss-reactive ketones (excluding diaryl/α,β-unsaturated/α-hetero) is 1. The highest BCUT2D eigenvalue weighted by Gasteiger charge is 2.01. The summed E-state index contributed by atoms with van der Waals surface area (Å²) < 4.78 is 5.03. The molecule has 5 nitrogen and oxygen atoms in total. The number of aryl methyl sites for hydroxylation is 1. The average Bonchev–Trinajstić information content (AvgIpc) is 2.34. The monoisotopic (exact) mass is 219 g/mol. The van der Waals surface area contributed by atoms with Crippen LogP contribution in [0.1, 0.15) is 12.0 Å². The number of carbonyl (C=O) groups excluding carboxylic acids is 1. The van der Waals surface area contributed by atoms with E-state index in [4.69, 9.17) is 10.3 Å². The van der Waals surface area contributed by atoms with Gasteiger partial charge in [-0.15, -0.1) is 0 Å². The maximum absolute atomic E-state index is 11.2. The van der Waals surface area contributed by atoms with Crippen LogP contribution in [0.2, 0.25) is 0 Å². The number of rotatable bonds is 6. The van der Waals surface area contributed by atoms with Gasteiger partial charge in [-0.05, 0) is 29.6 Å². The molecule has 1 aromatic carbocycles. The van der Waals surface area contributed by atoms with Gasteiger partial charge in [-0.25, -0.2) is 0 Å². The molecule has 0 aromatic heterocycles. The SMILES string of the molecule is COc1ccc(CCC(=O)CN=[N+]=[N-])cc1. The minimum atomic E-state index is -0.0628. The molecule has 0 amide bonds. The van der Waals surface area contributed by atoms with Gasteiger partial charge in [0.2, 0.25) is 0 Å². The highest BCUT2D eigenvalue weighted by molar-refractivity contribution is 5.80. The fourth-order valence-corrected chi connectivity index (χ4v) is 1.27. The maximum Gasteiger partial charge on any atom is 0.139 e. The average molecular weight is 219 g/mol. The summed E-state index contributed by atoms with van der Waals surface area (Å²) in [6.45, 7) is -0.0628. The minimum absolute atomic E-state index is 0.0476. The lowest BCUT2D eigenvalue weighted by Gasteiger charge is -2.02. The Morgan fingerprint density at radius 3 is 2.69 bits per heavy atom. The van der Waals surface area contributed by atoms with E-state index in [-0.39, 0.29) is 12.3 Å². The van der Waals surface area contributed by atoms with Crippen LogP contribution in [-0.4, -0.2) is 19.4 Å². The Balaban J connectivity index is 2.42. The molecule has 0 N–H and O–H groups in total. The Morgan fingerprint density at radius 2 is 2.12 bits per heavy atom. The molecule has 0 aliphatic rings. The molecule has 1 rings (SSSR count). The molecule has 0 saturated carbocycles. The third-order valence-electron chi connectivity index (χ3n) is 2.16. The van der Waals surface area contributed by atoms with E-state index >= 15 is 0 Å². The number of ketones is 1. The van der Waals surface area contributed by atoms with Crippen LogP contribution >= 0.6 is 0 Å². The highest BCUT2D eigenvalue weighted by Crippen LogP contribution is 2.12. The standard InChI is InChI=1S/C11H13N3O2/c1-16-11-6-3-9(4-7-11)2-5-10(15)8-13-14-12/h3-4,6-7H,2,5,8H2,1H3. The van der Waals surface area contributed by atoms with E-state index in [0.717, 1.165) is 11.3 Å². The van der Waals surface area contributed by atoms with Crippen LogP contribution in [0.5, 0.6) is 5.75 Å². The second kappa shape index (κ2) is 6.48. The van der Waals surface area contributed by atoms with Crippen LogP contribution < -0.4 is 4.74 Å². The van der Waals surface area contributed by atoms with Crippen molar-refractivity contribution in [2.45, 2.75) is 12.8 Å². The molecule has 84 valence electrons. The van der Waals surface area contributed by atoms with Crippen molar-refractivity contribution in [3.8, 4) is 5.75 Å². The van der Waals surface area contributed by atoms with E-state index in [9.17, 15) is 4.79 Å². The first-order chi connectivity index (χ1) is 7.76. The topological polar surface area (TPSA) is 75.1 Å². The van der Waals surface area contributed by atoms with Crippen molar-refractivity contribution in [2.24, 2.45) is 5.11 Å². The van der Waals surface area contributed by atoms with Gasteiger partial charge < -0.3 is 4.74 Å². The van der Waals surface area contributed by atoms with Crippen molar-refractivity contribution in [3.05, 3.63) is 40.3 Å². The van der Waals surface area contributed by atoms with Crippen molar-refractivity contribution < 1.29 is 9.53 Å². The molecule has 0 fully saturated rings. The molecule has 0 heterocycles. The van der Waals surface area contributed by atoms with E-state index < -0.39 is 0 Å². The lowest BCUT2D eigenvalue weighted by molar-refractivity contribution is -0.117. The van der Waals surface area contributed by atoms with Crippen LogP contribution in [0.4, 0.5) is 0 Å². The first-order valence-corrected chi connectivity index (χ1v) is 4.91. The molecule has 0 saturated heterocycles. The predicted octanol–water partition coefficient (Wildman–Crippen LogP) is 2.51. The molecule has 0 radical (unpaired) electrons. The van der Waals surface area contributed by atoms with Gasteiger partial charge in [0, 0.05) is 11.3 Å². The summed E-state index contributed by atoms with van der Waals surface area (Å²) in [5.41, 5.74) is 9.12. The number of azide groups is 1. The van der Waals surface area contributed by atoms with Crippen LogP contribution in [0, 0.1) is 0 Å². The Bertz CT molecular complexity index is 394. The zero-order valence-electron chi connectivity index (χ0n) is 9.09. The molecular formula is C11H13N3O2. The summed E-state index contributed by atoms with van der Waals surface area (Å²) in [4.78, 5) is 13.7. The summed E-state index contributed by atoms with van der Waals surface area (Å²) in [5.74, 6) is 0.748. The Labute approximate surface area is 93.7 Å². The summed E-state index contributed by atoms with van der Waals surface area (Å²) in [5, 5.41) is 3.22. The fourth-order valence-electron chi connectivity index (χ4n) is 1.27. The van der Waals surface area contributed by atoms with Gasteiger partial charge in [0.25, 0.3) is 0 Å². The summed E-state index contributed by atoms with van der Waals surface area (Å²) in [6.07, 6.45) is 1.05. The molecule has 5 heteroatoms. The van der Waals surface area contributed by atoms with Crippen molar-refractivity contribution in [3.63, 3.8) is 0 Å². The van der Waals surface area contributed by atoms with E-state index in [1.807, 2.05) is 24.3 Å². The number of hydrogen-bond acceptors (Lipinski definition) is 3. The molecule has 0 aliphatic heterocycles. The Hall–Kier alpha value is -2.00. The maximum atomic E-state index is 11.2. The second-order valence-electron chi connectivity index (χ2n) is 3.28. The first kappa shape index (κ1) is 12.1. The van der Waals surface area contributed by atoms with Crippen molar-refractivity contribution in [1.29, 1.82) is 0 Å². The molecule has 0 atom stereocenters. The number of methoxy groups -OCH3 is 1. The van der Waals surface area contributed by atoms with Gasteiger partial charge >= 0.3 is 0 Å². The normalized spacial score (nSPS) is 9.31. The lowest BCUT2D eigenvalue weighted by Crippen LogP contribution is -2.03. The third kappa shape index (κ3) is 4.02. The Morgan fingerprint density at radius 1 is 1.44 bits per heavy atom. The van der Waals surface area contributed by atoms with E-state index in [1.54, 1.807) is 7.11 Å². The van der Waals surface area contributed by atoms with Gasteiger partial charge in [-0.2, -0.15) is 0 Å². The van der Waals surface area contributed by atoms with Gasteiger partial charge in [-0.3, -0.25) is 4.79 Å². The summed E-state index contributed by atoms with van der Waals surface area (Å²) >= 11 is 0. The number of nitrogens with zero attached hydrogens (tertiary/aromatic N) is 3. The molecule has 0 spiro atoms. The molecule has 0 unspecified atom stereocenters. The molecule has 1 aromatic rings. The van der Waals surface area contributed by atoms with Crippen LogP contribution in [0.15, 0.2) is 29.4 Å². The largest absolute Gasteiger partial charge is 0.497 e. The van der Waals surface area contributed by atoms with E-state index in [0.29, 0.717) is 12.8 Å². The van der Waals surface area contributed by atoms with Crippen LogP contribution in [-0.2, 0) is 11.2 Å². The van der Waals surface area contributed by atoms with E-state index in [1.165, 1.54) is 0 Å². The predicted molar refractivity (Wildman–Crippen MR) is 60.3 cm³/mol. The van der Waals surface area contributed by atoms with Gasteiger partial charge in [0.1, 0.15) is 11.5 Å². The summed E-state index contributed by atoms with van der Waals surface area (Å²) in [6, 6.07) is 7.54. The molecule has 0 aliphatic carbocycles. The third-order valence-corrected chi connectivity index (χ3v) is 2.16.